The lowest BCUT2D eigenvalue weighted by Gasteiger charge is -2.22. The zero-order valence-electron chi connectivity index (χ0n) is 15.0. The first-order valence-corrected chi connectivity index (χ1v) is 8.32. The summed E-state index contributed by atoms with van der Waals surface area (Å²) in [5, 5.41) is 0. The molecule has 154 valence electrons. The van der Waals surface area contributed by atoms with Crippen LogP contribution in [0, 0.1) is 5.82 Å². The molecule has 0 fully saturated rings. The van der Waals surface area contributed by atoms with Crippen molar-refractivity contribution >= 4 is 23.5 Å². The smallest absolute Gasteiger partial charge is 0.387 e. The van der Waals surface area contributed by atoms with E-state index in [0.717, 1.165) is 29.2 Å². The lowest BCUT2D eigenvalue weighted by Crippen LogP contribution is -2.37. The zero-order chi connectivity index (χ0) is 21.4. The van der Waals surface area contributed by atoms with Gasteiger partial charge in [0.2, 0.25) is 5.91 Å². The fraction of sp³-hybridized carbons (Fsp3) is 0.211. The van der Waals surface area contributed by atoms with Crippen molar-refractivity contribution in [1.29, 1.82) is 0 Å². The number of ether oxygens (including phenoxy) is 2. The molecule has 0 aromatic heterocycles. The molecule has 0 bridgehead atoms. The van der Waals surface area contributed by atoms with E-state index in [-0.39, 0.29) is 24.3 Å². The molecule has 0 atom stereocenters. The third-order valence-corrected chi connectivity index (χ3v) is 3.66. The predicted octanol–water partition coefficient (Wildman–Crippen LogP) is 2.49. The number of halogens is 3. The molecule has 0 aliphatic heterocycles. The van der Waals surface area contributed by atoms with Crippen molar-refractivity contribution in [2.24, 2.45) is 5.73 Å². The van der Waals surface area contributed by atoms with Gasteiger partial charge >= 0.3 is 12.6 Å². The summed E-state index contributed by atoms with van der Waals surface area (Å²) >= 11 is 0. The summed E-state index contributed by atoms with van der Waals surface area (Å²) in [5.74, 6) is -2.82. The second-order valence-electron chi connectivity index (χ2n) is 5.72. The average Bonchev–Trinajstić information content (AvgIpc) is 2.67. The highest BCUT2D eigenvalue weighted by Gasteiger charge is 2.19. The van der Waals surface area contributed by atoms with Crippen molar-refractivity contribution in [3.63, 3.8) is 0 Å². The Hall–Kier alpha value is -3.56. The molecule has 10 heteroatoms. The SMILES string of the molecule is NC(=O)CCN(C(=O)COC(=O)c1ccc(OC(F)F)cc1)c1ccc(F)cc1. The quantitative estimate of drug-likeness (QED) is 0.641. The maximum Gasteiger partial charge on any atom is 0.387 e. The van der Waals surface area contributed by atoms with Crippen LogP contribution in [0.15, 0.2) is 48.5 Å². The van der Waals surface area contributed by atoms with Crippen LogP contribution in [0.5, 0.6) is 5.75 Å². The monoisotopic (exact) mass is 410 g/mol. The second kappa shape index (κ2) is 10.1. The number of alkyl halides is 2. The number of rotatable bonds is 9. The van der Waals surface area contributed by atoms with Crippen molar-refractivity contribution in [1.82, 2.24) is 0 Å². The number of hydrogen-bond acceptors (Lipinski definition) is 5. The van der Waals surface area contributed by atoms with E-state index in [1.807, 2.05) is 0 Å². The third-order valence-electron chi connectivity index (χ3n) is 3.66. The summed E-state index contributed by atoms with van der Waals surface area (Å²) in [6.07, 6.45) is -0.150. The van der Waals surface area contributed by atoms with E-state index in [1.54, 1.807) is 0 Å². The lowest BCUT2D eigenvalue weighted by atomic mass is 10.2. The van der Waals surface area contributed by atoms with E-state index in [1.165, 1.54) is 24.3 Å². The summed E-state index contributed by atoms with van der Waals surface area (Å²) in [6.45, 7) is -3.75. The Kier molecular flexibility index (Phi) is 7.58. The molecule has 0 heterocycles. The van der Waals surface area contributed by atoms with Crippen LogP contribution in [0.2, 0.25) is 0 Å². The van der Waals surface area contributed by atoms with Crippen molar-refractivity contribution in [2.75, 3.05) is 18.1 Å². The Morgan fingerprint density at radius 1 is 1.00 bits per heavy atom. The van der Waals surface area contributed by atoms with Gasteiger partial charge in [0.1, 0.15) is 11.6 Å². The van der Waals surface area contributed by atoms with Crippen LogP contribution in [0.25, 0.3) is 0 Å². The molecular weight excluding hydrogens is 393 g/mol. The molecule has 2 aromatic carbocycles. The first-order valence-electron chi connectivity index (χ1n) is 8.32. The minimum atomic E-state index is -3.00. The fourth-order valence-corrected chi connectivity index (χ4v) is 2.30. The van der Waals surface area contributed by atoms with Crippen LogP contribution in [0.3, 0.4) is 0 Å². The van der Waals surface area contributed by atoms with Gasteiger partial charge in [0, 0.05) is 18.7 Å². The number of amides is 2. The molecule has 2 aromatic rings. The van der Waals surface area contributed by atoms with Gasteiger partial charge in [-0.2, -0.15) is 8.78 Å². The van der Waals surface area contributed by atoms with Gasteiger partial charge in [-0.15, -0.1) is 0 Å². The van der Waals surface area contributed by atoms with E-state index in [4.69, 9.17) is 10.5 Å². The number of benzene rings is 2. The minimum Gasteiger partial charge on any atom is -0.452 e. The van der Waals surface area contributed by atoms with Crippen LogP contribution in [0.1, 0.15) is 16.8 Å². The van der Waals surface area contributed by atoms with Gasteiger partial charge in [0.15, 0.2) is 6.61 Å². The second-order valence-corrected chi connectivity index (χ2v) is 5.72. The van der Waals surface area contributed by atoms with Crippen molar-refractivity contribution in [2.45, 2.75) is 13.0 Å². The summed E-state index contributed by atoms with van der Waals surface area (Å²) in [5.41, 5.74) is 5.42. The maximum atomic E-state index is 13.1. The van der Waals surface area contributed by atoms with Crippen LogP contribution in [0.4, 0.5) is 18.9 Å². The molecular formula is C19H17F3N2O5. The Morgan fingerprint density at radius 2 is 1.62 bits per heavy atom. The van der Waals surface area contributed by atoms with Crippen molar-refractivity contribution in [3.05, 3.63) is 59.9 Å². The Balaban J connectivity index is 2.01. The van der Waals surface area contributed by atoms with Crippen LogP contribution in [-0.4, -0.2) is 37.5 Å². The number of esters is 1. The molecule has 2 N–H and O–H groups in total. The lowest BCUT2D eigenvalue weighted by molar-refractivity contribution is -0.121. The molecule has 29 heavy (non-hydrogen) atoms. The first kappa shape index (κ1) is 21.7. The third kappa shape index (κ3) is 6.83. The Labute approximate surface area is 163 Å². The minimum absolute atomic E-state index is 0.0184. The van der Waals surface area contributed by atoms with E-state index in [9.17, 15) is 27.6 Å². The van der Waals surface area contributed by atoms with Gasteiger partial charge in [-0.3, -0.25) is 9.59 Å². The summed E-state index contributed by atoms with van der Waals surface area (Å²) in [6, 6.07) is 9.65. The number of nitrogens with two attached hydrogens (primary N) is 1. The molecule has 0 unspecified atom stereocenters. The van der Waals surface area contributed by atoms with Crippen molar-refractivity contribution in [3.8, 4) is 5.75 Å². The van der Waals surface area contributed by atoms with Crippen molar-refractivity contribution < 1.29 is 37.0 Å². The Morgan fingerprint density at radius 3 is 2.17 bits per heavy atom. The number of anilines is 1. The molecule has 2 rings (SSSR count). The van der Waals surface area contributed by atoms with Gasteiger partial charge < -0.3 is 20.1 Å². The molecule has 0 spiro atoms. The van der Waals surface area contributed by atoms with Crippen LogP contribution < -0.4 is 15.4 Å². The average molecular weight is 410 g/mol. The molecule has 0 saturated heterocycles. The van der Waals surface area contributed by atoms with E-state index >= 15 is 0 Å². The normalized spacial score (nSPS) is 10.5. The number of carbonyl (C=O) groups is 3. The molecule has 0 radical (unpaired) electrons. The van der Waals surface area contributed by atoms with E-state index < -0.39 is 36.8 Å². The fourth-order valence-electron chi connectivity index (χ4n) is 2.30. The van der Waals surface area contributed by atoms with Gasteiger partial charge in [0.05, 0.1) is 5.56 Å². The highest BCUT2D eigenvalue weighted by molar-refractivity contribution is 5.97. The molecule has 7 nitrogen and oxygen atoms in total. The number of nitrogens with zero attached hydrogens (tertiary/aromatic N) is 1. The topological polar surface area (TPSA) is 98.9 Å². The number of primary amides is 1. The Bertz CT molecular complexity index is 857. The largest absolute Gasteiger partial charge is 0.452 e. The zero-order valence-corrected chi connectivity index (χ0v) is 15.0. The molecule has 0 aliphatic rings. The molecule has 2 amide bonds. The standard InChI is InChI=1S/C19H17F3N2O5/c20-13-3-5-14(6-4-13)24(10-9-16(23)25)17(26)11-28-18(27)12-1-7-15(8-2-12)29-19(21)22/h1-8,19H,9-11H2,(H2,23,25). The molecule has 0 aliphatic carbocycles. The summed E-state index contributed by atoms with van der Waals surface area (Å²) in [7, 11) is 0. The van der Waals surface area contributed by atoms with Crippen LogP contribution >= 0.6 is 0 Å². The highest BCUT2D eigenvalue weighted by atomic mass is 19.3. The number of hydrogen-bond donors (Lipinski definition) is 1. The predicted molar refractivity (Wildman–Crippen MR) is 95.9 cm³/mol. The number of carbonyl (C=O) groups excluding carboxylic acids is 3. The highest BCUT2D eigenvalue weighted by Crippen LogP contribution is 2.17. The maximum absolute atomic E-state index is 13.1. The van der Waals surface area contributed by atoms with E-state index in [2.05, 4.69) is 4.74 Å². The summed E-state index contributed by atoms with van der Waals surface area (Å²) in [4.78, 5) is 36.7. The van der Waals surface area contributed by atoms with Crippen LogP contribution in [-0.2, 0) is 14.3 Å². The van der Waals surface area contributed by atoms with Gasteiger partial charge in [0.25, 0.3) is 5.91 Å². The van der Waals surface area contributed by atoms with E-state index in [0.29, 0.717) is 5.69 Å². The summed E-state index contributed by atoms with van der Waals surface area (Å²) < 4.78 is 46.5. The molecule has 0 saturated carbocycles. The first-order chi connectivity index (χ1) is 13.8. The van der Waals surface area contributed by atoms with Gasteiger partial charge in [-0.25, -0.2) is 9.18 Å². The van der Waals surface area contributed by atoms with Gasteiger partial charge in [-0.1, -0.05) is 0 Å². The van der Waals surface area contributed by atoms with Gasteiger partial charge in [-0.05, 0) is 48.5 Å².